The molecule has 0 bridgehead atoms. The number of benzene rings is 1. The Morgan fingerprint density at radius 2 is 1.89 bits per heavy atom. The van der Waals surface area contributed by atoms with E-state index in [2.05, 4.69) is 20.4 Å². The first kappa shape index (κ1) is 18.5. The van der Waals surface area contributed by atoms with Gasteiger partial charge in [-0.15, -0.1) is 5.10 Å². The van der Waals surface area contributed by atoms with E-state index < -0.39 is 11.6 Å². The lowest BCUT2D eigenvalue weighted by atomic mass is 9.96. The maximum absolute atomic E-state index is 14.1. The molecular weight excluding hydrogens is 368 g/mol. The van der Waals surface area contributed by atoms with Crippen molar-refractivity contribution in [3.63, 3.8) is 0 Å². The predicted octanol–water partition coefficient (Wildman–Crippen LogP) is 3.23. The number of fused-ring (bicyclic) bond motifs is 1. The first-order valence-electron chi connectivity index (χ1n) is 9.13. The van der Waals surface area contributed by atoms with Crippen molar-refractivity contribution in [2.24, 2.45) is 0 Å². The quantitative estimate of drug-likeness (QED) is 0.722. The van der Waals surface area contributed by atoms with Crippen LogP contribution in [0.2, 0.25) is 0 Å². The number of nitrogens with zero attached hydrogens (tertiary/aromatic N) is 4. The van der Waals surface area contributed by atoms with Crippen molar-refractivity contribution in [1.82, 2.24) is 19.6 Å². The number of aryl methyl sites for hydroxylation is 1. The van der Waals surface area contributed by atoms with E-state index in [-0.39, 0.29) is 23.8 Å². The van der Waals surface area contributed by atoms with Crippen LogP contribution in [0.4, 0.5) is 14.7 Å². The summed E-state index contributed by atoms with van der Waals surface area (Å²) in [5, 5.41) is 7.35. The summed E-state index contributed by atoms with van der Waals surface area (Å²) in [6.07, 6.45) is 1.81. The SMILES string of the molecule is COc1cc(F)c(CNc2nc3nc(C)cc(C4CCOCC4)n3n2)c(F)c1. The van der Waals surface area contributed by atoms with Gasteiger partial charge in [-0.25, -0.2) is 13.8 Å². The number of aromatic nitrogens is 4. The van der Waals surface area contributed by atoms with Crippen molar-refractivity contribution in [1.29, 1.82) is 0 Å². The molecule has 0 unspecified atom stereocenters. The van der Waals surface area contributed by atoms with Crippen LogP contribution in [0, 0.1) is 18.6 Å². The summed E-state index contributed by atoms with van der Waals surface area (Å²) >= 11 is 0. The molecule has 1 aliphatic rings. The average molecular weight is 389 g/mol. The van der Waals surface area contributed by atoms with Gasteiger partial charge >= 0.3 is 0 Å². The minimum atomic E-state index is -0.690. The Kier molecular flexibility index (Phi) is 5.08. The molecule has 28 heavy (non-hydrogen) atoms. The number of ether oxygens (including phenoxy) is 2. The van der Waals surface area contributed by atoms with Crippen molar-refractivity contribution < 1.29 is 18.3 Å². The van der Waals surface area contributed by atoms with Gasteiger partial charge in [-0.3, -0.25) is 0 Å². The Balaban J connectivity index is 1.60. The van der Waals surface area contributed by atoms with Crippen molar-refractivity contribution in [3.8, 4) is 5.75 Å². The Morgan fingerprint density at radius 1 is 1.18 bits per heavy atom. The fourth-order valence-corrected chi connectivity index (χ4v) is 3.41. The molecule has 1 saturated heterocycles. The van der Waals surface area contributed by atoms with E-state index in [1.54, 1.807) is 4.52 Å². The average Bonchev–Trinajstić information content (AvgIpc) is 3.09. The van der Waals surface area contributed by atoms with Gasteiger partial charge in [0.25, 0.3) is 5.78 Å². The molecule has 0 radical (unpaired) electrons. The molecule has 2 aromatic heterocycles. The smallest absolute Gasteiger partial charge is 0.254 e. The molecule has 0 saturated carbocycles. The number of hydrogen-bond acceptors (Lipinski definition) is 6. The fourth-order valence-electron chi connectivity index (χ4n) is 3.41. The van der Waals surface area contributed by atoms with Gasteiger partial charge in [-0.1, -0.05) is 0 Å². The van der Waals surface area contributed by atoms with Crippen LogP contribution < -0.4 is 10.1 Å². The van der Waals surface area contributed by atoms with Gasteiger partial charge in [0.05, 0.1) is 12.8 Å². The standard InChI is InChI=1S/C19H21F2N5O2/c1-11-7-17(12-3-5-28-6-4-12)26-19(23-11)24-18(25-26)22-10-14-15(20)8-13(27-2)9-16(14)21/h7-9,12H,3-6,10H2,1-2H3,(H,22,25). The Bertz CT molecular complexity index is 978. The largest absolute Gasteiger partial charge is 0.497 e. The molecule has 0 spiro atoms. The number of rotatable bonds is 5. The minimum Gasteiger partial charge on any atom is -0.497 e. The highest BCUT2D eigenvalue weighted by molar-refractivity contribution is 5.41. The van der Waals surface area contributed by atoms with Gasteiger partial charge in [-0.2, -0.15) is 9.50 Å². The highest BCUT2D eigenvalue weighted by Gasteiger charge is 2.21. The minimum absolute atomic E-state index is 0.0931. The summed E-state index contributed by atoms with van der Waals surface area (Å²) in [5.41, 5.74) is 1.77. The molecule has 3 aromatic rings. The summed E-state index contributed by atoms with van der Waals surface area (Å²) in [4.78, 5) is 8.78. The monoisotopic (exact) mass is 389 g/mol. The molecule has 1 aromatic carbocycles. The normalized spacial score (nSPS) is 15.1. The second-order valence-corrected chi connectivity index (χ2v) is 6.78. The zero-order valence-corrected chi connectivity index (χ0v) is 15.7. The number of halogens is 2. The van der Waals surface area contributed by atoms with Crippen molar-refractivity contribution in [3.05, 3.63) is 46.8 Å². The van der Waals surface area contributed by atoms with E-state index in [1.165, 1.54) is 7.11 Å². The molecule has 0 aliphatic carbocycles. The third-order valence-electron chi connectivity index (χ3n) is 4.88. The molecule has 3 heterocycles. The van der Waals surface area contributed by atoms with Gasteiger partial charge in [0.1, 0.15) is 17.4 Å². The summed E-state index contributed by atoms with van der Waals surface area (Å²) in [5.74, 6) is -0.218. The van der Waals surface area contributed by atoms with Crippen molar-refractivity contribution in [2.75, 3.05) is 25.6 Å². The van der Waals surface area contributed by atoms with Gasteiger partial charge < -0.3 is 14.8 Å². The Morgan fingerprint density at radius 3 is 2.57 bits per heavy atom. The lowest BCUT2D eigenvalue weighted by molar-refractivity contribution is 0.0840. The first-order chi connectivity index (χ1) is 13.5. The summed E-state index contributed by atoms with van der Waals surface area (Å²) in [6, 6.07) is 4.29. The molecule has 1 fully saturated rings. The van der Waals surface area contributed by atoms with Crippen LogP contribution in [0.3, 0.4) is 0 Å². The number of methoxy groups -OCH3 is 1. The van der Waals surface area contributed by atoms with Crippen LogP contribution in [-0.2, 0) is 11.3 Å². The lowest BCUT2D eigenvalue weighted by Gasteiger charge is -2.22. The van der Waals surface area contributed by atoms with Crippen molar-refractivity contribution >= 4 is 11.7 Å². The van der Waals surface area contributed by atoms with Crippen LogP contribution in [0.15, 0.2) is 18.2 Å². The summed E-state index contributed by atoms with van der Waals surface area (Å²) < 4.78 is 40.3. The second-order valence-electron chi connectivity index (χ2n) is 6.78. The first-order valence-corrected chi connectivity index (χ1v) is 9.13. The fraction of sp³-hybridized carbons (Fsp3) is 0.421. The Labute approximate surface area is 160 Å². The van der Waals surface area contributed by atoms with E-state index >= 15 is 0 Å². The number of anilines is 1. The van der Waals surface area contributed by atoms with Crippen LogP contribution in [0.5, 0.6) is 5.75 Å². The van der Waals surface area contributed by atoms with Crippen LogP contribution in [-0.4, -0.2) is 39.9 Å². The van der Waals surface area contributed by atoms with Gasteiger partial charge in [0.15, 0.2) is 0 Å². The zero-order chi connectivity index (χ0) is 19.7. The van der Waals surface area contributed by atoms with Crippen LogP contribution in [0.25, 0.3) is 5.78 Å². The highest BCUT2D eigenvalue weighted by atomic mass is 19.1. The summed E-state index contributed by atoms with van der Waals surface area (Å²) in [7, 11) is 1.36. The predicted molar refractivity (Wildman–Crippen MR) is 98.5 cm³/mol. The summed E-state index contributed by atoms with van der Waals surface area (Å²) in [6.45, 7) is 3.24. The molecule has 1 aliphatic heterocycles. The molecule has 1 N–H and O–H groups in total. The topological polar surface area (TPSA) is 73.6 Å². The van der Waals surface area contributed by atoms with E-state index in [4.69, 9.17) is 9.47 Å². The second kappa shape index (κ2) is 7.67. The highest BCUT2D eigenvalue weighted by Crippen LogP contribution is 2.28. The van der Waals surface area contributed by atoms with Gasteiger partial charge in [0.2, 0.25) is 5.95 Å². The molecule has 7 nitrogen and oxygen atoms in total. The molecule has 4 rings (SSSR count). The Hall–Kier alpha value is -2.81. The van der Waals surface area contributed by atoms with E-state index in [9.17, 15) is 8.78 Å². The van der Waals surface area contributed by atoms with E-state index in [0.29, 0.717) is 24.9 Å². The van der Waals surface area contributed by atoms with Gasteiger partial charge in [-0.05, 0) is 25.8 Å². The molecule has 148 valence electrons. The number of hydrogen-bond donors (Lipinski definition) is 1. The molecular formula is C19H21F2N5O2. The van der Waals surface area contributed by atoms with Crippen molar-refractivity contribution in [2.45, 2.75) is 32.2 Å². The zero-order valence-electron chi connectivity index (χ0n) is 15.7. The lowest BCUT2D eigenvalue weighted by Crippen LogP contribution is -2.17. The number of nitrogens with one attached hydrogen (secondary N) is 1. The third kappa shape index (κ3) is 3.62. The maximum atomic E-state index is 14.1. The van der Waals surface area contributed by atoms with E-state index in [0.717, 1.165) is 36.4 Å². The molecule has 0 amide bonds. The molecule has 9 heteroatoms. The maximum Gasteiger partial charge on any atom is 0.254 e. The van der Waals surface area contributed by atoms with Crippen LogP contribution in [0.1, 0.15) is 35.7 Å². The van der Waals surface area contributed by atoms with Gasteiger partial charge in [0, 0.05) is 49.1 Å². The molecule has 0 atom stereocenters. The van der Waals surface area contributed by atoms with Crippen LogP contribution >= 0.6 is 0 Å². The third-order valence-corrected chi connectivity index (χ3v) is 4.88. The van der Waals surface area contributed by atoms with E-state index in [1.807, 2.05) is 13.0 Å².